The number of nitrogens with zero attached hydrogens (tertiary/aromatic N) is 2. The van der Waals surface area contributed by atoms with E-state index >= 15 is 0 Å². The number of sulfonamides is 1. The number of hydrogen-bond donors (Lipinski definition) is 3. The fraction of sp³-hybridized carbons (Fsp3) is 0.463. The molecule has 3 aromatic carbocycles. The molecule has 1 saturated heterocycles. The third-order valence-electron chi connectivity index (χ3n) is 11.1. The maximum Gasteiger partial charge on any atom is 0.410 e. The van der Waals surface area contributed by atoms with Crippen LogP contribution >= 0.6 is 11.6 Å². The fourth-order valence-corrected chi connectivity index (χ4v) is 9.27. The average Bonchev–Trinajstić information content (AvgIpc) is 4.04. The molecule has 2 heterocycles. The van der Waals surface area contributed by atoms with Crippen LogP contribution in [0.4, 0.5) is 10.5 Å². The average molecular weight is 806 g/mol. The lowest BCUT2D eigenvalue weighted by molar-refractivity contribution is -0.141. The number of benzene rings is 3. The van der Waals surface area contributed by atoms with Gasteiger partial charge in [-0.1, -0.05) is 82.1 Å². The minimum absolute atomic E-state index is 0.0308. The Balaban J connectivity index is 1.13. The third-order valence-corrected chi connectivity index (χ3v) is 13.3. The lowest BCUT2D eigenvalue weighted by Crippen LogP contribution is -2.58. The topological polar surface area (TPSA) is 163 Å². The van der Waals surface area contributed by atoms with Crippen molar-refractivity contribution in [1.82, 2.24) is 19.8 Å². The minimum atomic E-state index is -3.87. The molecule has 2 saturated carbocycles. The molecule has 0 aromatic heterocycles. The van der Waals surface area contributed by atoms with Crippen molar-refractivity contribution < 1.29 is 37.1 Å². The molecule has 0 unspecified atom stereocenters. The number of amides is 4. The highest BCUT2D eigenvalue weighted by Crippen LogP contribution is 2.47. The summed E-state index contributed by atoms with van der Waals surface area (Å²) in [4.78, 5) is 59.2. The second-order valence-electron chi connectivity index (χ2n) is 16.3. The van der Waals surface area contributed by atoms with E-state index in [4.69, 9.17) is 21.1 Å². The second-order valence-corrected chi connectivity index (χ2v) is 18.7. The van der Waals surface area contributed by atoms with Crippen LogP contribution in [0, 0.1) is 11.3 Å². The summed E-state index contributed by atoms with van der Waals surface area (Å²) >= 11 is 6.40. The molecule has 13 nitrogen and oxygen atoms in total. The molecular weight excluding hydrogens is 758 g/mol. The number of anilines is 1. The zero-order valence-electron chi connectivity index (χ0n) is 31.9. The number of halogens is 1. The zero-order valence-corrected chi connectivity index (χ0v) is 33.5. The van der Waals surface area contributed by atoms with Crippen molar-refractivity contribution in [1.29, 1.82) is 0 Å². The molecule has 2 aliphatic heterocycles. The van der Waals surface area contributed by atoms with Gasteiger partial charge in [0.15, 0.2) is 0 Å². The molecule has 4 aliphatic rings. The Morgan fingerprint density at radius 1 is 0.964 bits per heavy atom. The highest BCUT2D eigenvalue weighted by atomic mass is 35.5. The number of para-hydroxylation sites is 1. The van der Waals surface area contributed by atoms with E-state index < -0.39 is 68.2 Å². The van der Waals surface area contributed by atoms with Crippen LogP contribution < -0.4 is 20.1 Å². The monoisotopic (exact) mass is 805 g/mol. The summed E-state index contributed by atoms with van der Waals surface area (Å²) in [6, 6.07) is 20.0. The summed E-state index contributed by atoms with van der Waals surface area (Å²) < 4.78 is 39.8. The quantitative estimate of drug-likeness (QED) is 0.200. The maximum atomic E-state index is 14.8. The molecule has 7 rings (SSSR count). The van der Waals surface area contributed by atoms with Crippen molar-refractivity contribution >= 4 is 51.1 Å². The van der Waals surface area contributed by atoms with Gasteiger partial charge in [-0.3, -0.25) is 24.0 Å². The number of nitrogens with one attached hydrogen (secondary N) is 3. The molecular formula is C41H48ClN5O8S. The molecule has 4 amide bonds. The number of likely N-dealkylation sites (tertiary alicyclic amines) is 1. The Hall–Kier alpha value is -4.82. The van der Waals surface area contributed by atoms with E-state index in [2.05, 4.69) is 15.4 Å². The standard InChI is InChI=1S/C41H48ClN5O8S/c1-5-26-21-41(26,38(50)45-56(52,53)31-17-18-31)44-36(48)34-20-30(55-39(51)46-22-25-11-9-16-33(42)32(25)24-46)23-47(34)37(49)35(40(2,3)4)43-27-12-10-15-29(19-27)54-28-13-7-6-8-14-28/h6-16,19,26,30-31,34-35,43H,5,17-18,20-24H2,1-4H3,(H,44,48)(H,45,50)/t26-,30-,34+,35-,41-/m1/s1. The van der Waals surface area contributed by atoms with Crippen molar-refractivity contribution in [2.75, 3.05) is 11.9 Å². The summed E-state index contributed by atoms with van der Waals surface area (Å²) in [5.41, 5.74) is 0.240. The SMILES string of the molecule is CC[C@@H]1C[C@]1(NC(=O)[C@@H]1C[C@@H](OC(=O)N2Cc3cccc(Cl)c3C2)CN1C(=O)[C@@H](Nc1cccc(Oc2ccccc2)c1)C(C)(C)C)C(=O)NS(=O)(=O)C1CC1. The Kier molecular flexibility index (Phi) is 10.7. The fourth-order valence-electron chi connectivity index (χ4n) is 7.65. The smallest absolute Gasteiger partial charge is 0.410 e. The van der Waals surface area contributed by atoms with Gasteiger partial charge < -0.3 is 25.0 Å². The second kappa shape index (κ2) is 15.3. The zero-order chi connectivity index (χ0) is 40.0. The van der Waals surface area contributed by atoms with Gasteiger partial charge in [-0.05, 0) is 72.1 Å². The van der Waals surface area contributed by atoms with Gasteiger partial charge >= 0.3 is 6.09 Å². The molecule has 3 fully saturated rings. The molecule has 298 valence electrons. The van der Waals surface area contributed by atoms with Crippen molar-refractivity contribution in [3.63, 3.8) is 0 Å². The maximum absolute atomic E-state index is 14.8. The van der Waals surface area contributed by atoms with Crippen LogP contribution in [0.3, 0.4) is 0 Å². The van der Waals surface area contributed by atoms with Gasteiger partial charge in [0.05, 0.1) is 18.3 Å². The Morgan fingerprint density at radius 3 is 2.34 bits per heavy atom. The molecule has 3 N–H and O–H groups in total. The van der Waals surface area contributed by atoms with E-state index in [0.29, 0.717) is 48.0 Å². The van der Waals surface area contributed by atoms with E-state index in [1.165, 1.54) is 9.80 Å². The largest absolute Gasteiger partial charge is 0.457 e. The molecule has 15 heteroatoms. The van der Waals surface area contributed by atoms with Crippen LogP contribution in [0.15, 0.2) is 72.8 Å². The first-order valence-corrected chi connectivity index (χ1v) is 21.0. The van der Waals surface area contributed by atoms with Crippen LogP contribution in [-0.4, -0.2) is 77.6 Å². The molecule has 56 heavy (non-hydrogen) atoms. The molecule has 0 spiro atoms. The van der Waals surface area contributed by atoms with Crippen molar-refractivity contribution in [2.45, 2.75) is 102 Å². The van der Waals surface area contributed by atoms with Gasteiger partial charge in [-0.15, -0.1) is 0 Å². The Morgan fingerprint density at radius 2 is 1.68 bits per heavy atom. The van der Waals surface area contributed by atoms with Crippen LogP contribution in [-0.2, 0) is 42.2 Å². The summed E-state index contributed by atoms with van der Waals surface area (Å²) in [5, 5.41) is 6.17. The van der Waals surface area contributed by atoms with E-state index in [-0.39, 0.29) is 31.8 Å². The highest BCUT2D eigenvalue weighted by Gasteiger charge is 2.62. The van der Waals surface area contributed by atoms with E-state index in [9.17, 15) is 27.6 Å². The normalized spacial score (nSPS) is 23.5. The number of ether oxygens (including phenoxy) is 2. The van der Waals surface area contributed by atoms with E-state index in [1.54, 1.807) is 12.1 Å². The number of carbonyl (C=O) groups is 4. The van der Waals surface area contributed by atoms with Crippen molar-refractivity contribution in [3.05, 3.63) is 88.9 Å². The number of fused-ring (bicyclic) bond motifs is 1. The third kappa shape index (κ3) is 8.31. The van der Waals surface area contributed by atoms with Crippen LogP contribution in [0.2, 0.25) is 5.02 Å². The molecule has 3 aromatic rings. The lowest BCUT2D eigenvalue weighted by atomic mass is 9.85. The predicted octanol–water partition coefficient (Wildman–Crippen LogP) is 5.97. The van der Waals surface area contributed by atoms with Gasteiger partial charge in [0.1, 0.15) is 35.2 Å². The van der Waals surface area contributed by atoms with Gasteiger partial charge in [-0.2, -0.15) is 0 Å². The van der Waals surface area contributed by atoms with E-state index in [0.717, 1.165) is 11.1 Å². The van der Waals surface area contributed by atoms with Gasteiger partial charge in [-0.25, -0.2) is 13.2 Å². The Labute approximate surface area is 332 Å². The van der Waals surface area contributed by atoms with Gasteiger partial charge in [0.25, 0.3) is 5.91 Å². The van der Waals surface area contributed by atoms with Gasteiger partial charge in [0.2, 0.25) is 21.8 Å². The van der Waals surface area contributed by atoms with Gasteiger partial charge in [0, 0.05) is 29.7 Å². The summed E-state index contributed by atoms with van der Waals surface area (Å²) in [6.45, 7) is 8.06. The molecule has 2 aliphatic carbocycles. The summed E-state index contributed by atoms with van der Waals surface area (Å²) in [5.74, 6) is -0.903. The molecule has 0 bridgehead atoms. The van der Waals surface area contributed by atoms with Crippen molar-refractivity contribution in [3.8, 4) is 11.5 Å². The summed E-state index contributed by atoms with van der Waals surface area (Å²) in [7, 11) is -3.87. The predicted molar refractivity (Wildman–Crippen MR) is 210 cm³/mol. The first-order chi connectivity index (χ1) is 26.6. The first-order valence-electron chi connectivity index (χ1n) is 19.1. The number of rotatable bonds is 12. The molecule has 0 radical (unpaired) electrons. The number of carbonyl (C=O) groups excluding carboxylic acids is 4. The van der Waals surface area contributed by atoms with Crippen LogP contribution in [0.1, 0.15) is 70.9 Å². The highest BCUT2D eigenvalue weighted by molar-refractivity contribution is 7.91. The number of hydrogen-bond acceptors (Lipinski definition) is 9. The lowest BCUT2D eigenvalue weighted by Gasteiger charge is -2.36. The first kappa shape index (κ1) is 39.4. The van der Waals surface area contributed by atoms with Crippen LogP contribution in [0.25, 0.3) is 0 Å². The summed E-state index contributed by atoms with van der Waals surface area (Å²) in [6.07, 6.45) is 0.237. The minimum Gasteiger partial charge on any atom is -0.457 e. The molecule has 5 atom stereocenters. The van der Waals surface area contributed by atoms with Crippen LogP contribution in [0.5, 0.6) is 11.5 Å². The van der Waals surface area contributed by atoms with Crippen molar-refractivity contribution in [2.24, 2.45) is 11.3 Å². The van der Waals surface area contributed by atoms with E-state index in [1.807, 2.05) is 88.4 Å². The Bertz CT molecular complexity index is 2120.